The fourth-order valence-electron chi connectivity index (χ4n) is 2.70. The van der Waals surface area contributed by atoms with Crippen molar-refractivity contribution in [3.05, 3.63) is 94.7 Å². The third-order valence-corrected chi connectivity index (χ3v) is 4.53. The molecule has 0 amide bonds. The van der Waals surface area contributed by atoms with Gasteiger partial charge in [-0.3, -0.25) is 0 Å². The SMILES string of the molecule is Brc1ccc2ncnc(Nc3ccc(/C=C/c4ccccc4)cc3)c2c1. The van der Waals surface area contributed by atoms with E-state index in [1.54, 1.807) is 6.33 Å². The topological polar surface area (TPSA) is 37.8 Å². The third kappa shape index (κ3) is 3.81. The molecule has 0 fully saturated rings. The lowest BCUT2D eigenvalue weighted by atomic mass is 10.1. The van der Waals surface area contributed by atoms with Crippen LogP contribution < -0.4 is 5.32 Å². The molecular weight excluding hydrogens is 386 g/mol. The highest BCUT2D eigenvalue weighted by molar-refractivity contribution is 9.10. The van der Waals surface area contributed by atoms with E-state index in [2.05, 4.69) is 79.8 Å². The van der Waals surface area contributed by atoms with E-state index in [1.807, 2.05) is 36.4 Å². The second-order valence-electron chi connectivity index (χ2n) is 5.87. The van der Waals surface area contributed by atoms with Gasteiger partial charge in [-0.2, -0.15) is 0 Å². The van der Waals surface area contributed by atoms with Gasteiger partial charge >= 0.3 is 0 Å². The van der Waals surface area contributed by atoms with Crippen molar-refractivity contribution < 1.29 is 0 Å². The van der Waals surface area contributed by atoms with Crippen molar-refractivity contribution >= 4 is 50.5 Å². The first-order chi connectivity index (χ1) is 12.8. The maximum Gasteiger partial charge on any atom is 0.141 e. The molecule has 0 bridgehead atoms. The molecule has 0 spiro atoms. The zero-order chi connectivity index (χ0) is 17.8. The predicted octanol–water partition coefficient (Wildman–Crippen LogP) is 6.31. The van der Waals surface area contributed by atoms with Crippen LogP contribution in [0.5, 0.6) is 0 Å². The summed E-state index contributed by atoms with van der Waals surface area (Å²) in [6, 6.07) is 24.5. The first-order valence-corrected chi connectivity index (χ1v) is 9.08. The van der Waals surface area contributed by atoms with Gasteiger partial charge < -0.3 is 5.32 Å². The molecule has 0 aliphatic carbocycles. The van der Waals surface area contributed by atoms with E-state index in [4.69, 9.17) is 0 Å². The van der Waals surface area contributed by atoms with Crippen LogP contribution in [0, 0.1) is 0 Å². The minimum atomic E-state index is 0.795. The van der Waals surface area contributed by atoms with Crippen LogP contribution in [0.15, 0.2) is 83.6 Å². The number of nitrogens with zero attached hydrogens (tertiary/aromatic N) is 2. The Balaban J connectivity index is 1.55. The Kier molecular flexibility index (Phi) is 4.75. The molecule has 26 heavy (non-hydrogen) atoms. The van der Waals surface area contributed by atoms with Crippen molar-refractivity contribution in [2.24, 2.45) is 0 Å². The van der Waals surface area contributed by atoms with E-state index in [0.29, 0.717) is 0 Å². The molecule has 0 aliphatic rings. The number of aromatic nitrogens is 2. The average Bonchev–Trinajstić information content (AvgIpc) is 2.69. The van der Waals surface area contributed by atoms with Gasteiger partial charge in [0, 0.05) is 15.5 Å². The highest BCUT2D eigenvalue weighted by Crippen LogP contribution is 2.26. The maximum absolute atomic E-state index is 4.38. The summed E-state index contributed by atoms with van der Waals surface area (Å²) in [4.78, 5) is 8.70. The zero-order valence-corrected chi connectivity index (χ0v) is 15.5. The van der Waals surface area contributed by atoms with Gasteiger partial charge in [0.05, 0.1) is 5.52 Å². The summed E-state index contributed by atoms with van der Waals surface area (Å²) >= 11 is 3.51. The largest absolute Gasteiger partial charge is 0.340 e. The van der Waals surface area contributed by atoms with Gasteiger partial charge in [0.2, 0.25) is 0 Å². The average molecular weight is 402 g/mol. The Hall–Kier alpha value is -2.98. The van der Waals surface area contributed by atoms with E-state index in [-0.39, 0.29) is 0 Å². The molecule has 0 atom stereocenters. The maximum atomic E-state index is 4.38. The molecule has 4 aromatic rings. The summed E-state index contributed by atoms with van der Waals surface area (Å²) in [6.45, 7) is 0. The van der Waals surface area contributed by atoms with Crippen molar-refractivity contribution in [1.29, 1.82) is 0 Å². The Morgan fingerprint density at radius 3 is 2.27 bits per heavy atom. The monoisotopic (exact) mass is 401 g/mol. The van der Waals surface area contributed by atoms with Crippen molar-refractivity contribution in [3.63, 3.8) is 0 Å². The number of nitrogens with one attached hydrogen (secondary N) is 1. The molecule has 126 valence electrons. The lowest BCUT2D eigenvalue weighted by molar-refractivity contribution is 1.22. The Morgan fingerprint density at radius 2 is 1.50 bits per heavy atom. The molecule has 1 heterocycles. The van der Waals surface area contributed by atoms with E-state index in [1.165, 1.54) is 5.56 Å². The number of benzene rings is 3. The van der Waals surface area contributed by atoms with Crippen molar-refractivity contribution in [2.75, 3.05) is 5.32 Å². The van der Waals surface area contributed by atoms with Crippen LogP contribution >= 0.6 is 15.9 Å². The van der Waals surface area contributed by atoms with Crippen molar-refractivity contribution in [2.45, 2.75) is 0 Å². The van der Waals surface area contributed by atoms with E-state index >= 15 is 0 Å². The third-order valence-electron chi connectivity index (χ3n) is 4.04. The van der Waals surface area contributed by atoms with Gasteiger partial charge in [-0.25, -0.2) is 9.97 Å². The highest BCUT2D eigenvalue weighted by Gasteiger charge is 2.04. The summed E-state index contributed by atoms with van der Waals surface area (Å²) in [5.74, 6) is 0.795. The van der Waals surface area contributed by atoms with Crippen LogP contribution in [0.4, 0.5) is 11.5 Å². The van der Waals surface area contributed by atoms with Gasteiger partial charge in [0.15, 0.2) is 0 Å². The molecular formula is C22H16BrN3. The minimum Gasteiger partial charge on any atom is -0.340 e. The molecule has 1 N–H and O–H groups in total. The minimum absolute atomic E-state index is 0.795. The molecule has 3 nitrogen and oxygen atoms in total. The lowest BCUT2D eigenvalue weighted by Gasteiger charge is -2.09. The molecule has 1 aromatic heterocycles. The van der Waals surface area contributed by atoms with Crippen LogP contribution in [0.2, 0.25) is 0 Å². The Bertz CT molecular complexity index is 1060. The second kappa shape index (κ2) is 7.50. The second-order valence-corrected chi connectivity index (χ2v) is 6.79. The fraction of sp³-hybridized carbons (Fsp3) is 0. The van der Waals surface area contributed by atoms with Gasteiger partial charge in [-0.1, -0.05) is 70.5 Å². The number of halogens is 1. The smallest absolute Gasteiger partial charge is 0.141 e. The lowest BCUT2D eigenvalue weighted by Crippen LogP contribution is -1.96. The summed E-state index contributed by atoms with van der Waals surface area (Å²) < 4.78 is 1.00. The standard InChI is InChI=1S/C22H16BrN3/c23-18-10-13-21-20(14-18)22(25-15-24-21)26-19-11-8-17(9-12-19)7-6-16-4-2-1-3-5-16/h1-15H,(H,24,25,26)/b7-6+. The number of hydrogen-bond donors (Lipinski definition) is 1. The molecule has 0 saturated heterocycles. The van der Waals surface area contributed by atoms with Gasteiger partial charge in [0.1, 0.15) is 12.1 Å². The summed E-state index contributed by atoms with van der Waals surface area (Å²) in [7, 11) is 0. The summed E-state index contributed by atoms with van der Waals surface area (Å²) in [5.41, 5.74) is 4.23. The van der Waals surface area contributed by atoms with Crippen LogP contribution in [0.25, 0.3) is 23.1 Å². The number of rotatable bonds is 4. The van der Waals surface area contributed by atoms with Crippen LogP contribution in [0.3, 0.4) is 0 Å². The molecule has 3 aromatic carbocycles. The molecule has 0 radical (unpaired) electrons. The molecule has 4 rings (SSSR count). The Morgan fingerprint density at radius 1 is 0.769 bits per heavy atom. The van der Waals surface area contributed by atoms with E-state index < -0.39 is 0 Å². The number of hydrogen-bond acceptors (Lipinski definition) is 3. The zero-order valence-electron chi connectivity index (χ0n) is 13.9. The molecule has 4 heteroatoms. The normalized spacial score (nSPS) is 11.1. The van der Waals surface area contributed by atoms with E-state index in [9.17, 15) is 0 Å². The predicted molar refractivity (Wildman–Crippen MR) is 112 cm³/mol. The van der Waals surface area contributed by atoms with Gasteiger partial charge in [-0.05, 0) is 41.5 Å². The van der Waals surface area contributed by atoms with Crippen LogP contribution in [0.1, 0.15) is 11.1 Å². The number of fused-ring (bicyclic) bond motifs is 1. The van der Waals surface area contributed by atoms with Crippen LogP contribution in [-0.4, -0.2) is 9.97 Å². The highest BCUT2D eigenvalue weighted by atomic mass is 79.9. The van der Waals surface area contributed by atoms with E-state index in [0.717, 1.165) is 32.4 Å². The summed E-state index contributed by atoms with van der Waals surface area (Å²) in [5, 5.41) is 4.36. The van der Waals surface area contributed by atoms with Crippen molar-refractivity contribution in [3.8, 4) is 0 Å². The molecule has 0 unspecified atom stereocenters. The first-order valence-electron chi connectivity index (χ1n) is 8.28. The Labute approximate surface area is 160 Å². The van der Waals surface area contributed by atoms with Crippen LogP contribution in [-0.2, 0) is 0 Å². The number of anilines is 2. The summed E-state index contributed by atoms with van der Waals surface area (Å²) in [6.07, 6.45) is 5.80. The quantitative estimate of drug-likeness (QED) is 0.407. The van der Waals surface area contributed by atoms with Gasteiger partial charge in [-0.15, -0.1) is 0 Å². The molecule has 0 saturated carbocycles. The first kappa shape index (κ1) is 16.5. The molecule has 0 aliphatic heterocycles. The van der Waals surface area contributed by atoms with Crippen molar-refractivity contribution in [1.82, 2.24) is 9.97 Å². The fourth-order valence-corrected chi connectivity index (χ4v) is 3.06. The van der Waals surface area contributed by atoms with Gasteiger partial charge in [0.25, 0.3) is 0 Å².